The van der Waals surface area contributed by atoms with Crippen molar-refractivity contribution in [3.05, 3.63) is 51.5 Å². The van der Waals surface area contributed by atoms with E-state index in [9.17, 15) is 12.8 Å². The Bertz CT molecular complexity index is 768. The van der Waals surface area contributed by atoms with E-state index in [0.29, 0.717) is 0 Å². The van der Waals surface area contributed by atoms with E-state index in [2.05, 4.69) is 9.71 Å². The molecule has 0 spiro atoms. The SMILES string of the molecule is O=S(=O)(Nc1ccc(F)c(Cl)c1)c1ccc(Cl)nc1Cl. The van der Waals surface area contributed by atoms with Crippen LogP contribution in [0.15, 0.2) is 35.2 Å². The molecular weight excluding hydrogens is 350 g/mol. The maximum Gasteiger partial charge on any atom is 0.264 e. The number of hydrogen-bond donors (Lipinski definition) is 1. The van der Waals surface area contributed by atoms with Crippen LogP contribution in [0.1, 0.15) is 0 Å². The van der Waals surface area contributed by atoms with Crippen molar-refractivity contribution in [1.29, 1.82) is 0 Å². The zero-order chi connectivity index (χ0) is 14.9. The summed E-state index contributed by atoms with van der Waals surface area (Å²) in [7, 11) is -3.97. The third-order valence-electron chi connectivity index (χ3n) is 2.24. The first-order chi connectivity index (χ1) is 9.29. The average molecular weight is 356 g/mol. The highest BCUT2D eigenvalue weighted by atomic mass is 35.5. The quantitative estimate of drug-likeness (QED) is 0.847. The van der Waals surface area contributed by atoms with Crippen molar-refractivity contribution in [1.82, 2.24) is 4.98 Å². The van der Waals surface area contributed by atoms with E-state index in [0.717, 1.165) is 12.1 Å². The summed E-state index contributed by atoms with van der Waals surface area (Å²) >= 11 is 16.9. The number of nitrogens with one attached hydrogen (secondary N) is 1. The summed E-state index contributed by atoms with van der Waals surface area (Å²) in [5, 5.41) is -0.400. The Kier molecular flexibility index (Phi) is 4.39. The molecule has 20 heavy (non-hydrogen) atoms. The predicted molar refractivity (Wildman–Crippen MR) is 76.5 cm³/mol. The van der Waals surface area contributed by atoms with E-state index in [-0.39, 0.29) is 25.9 Å². The van der Waals surface area contributed by atoms with Crippen molar-refractivity contribution in [2.75, 3.05) is 4.72 Å². The Balaban J connectivity index is 2.38. The van der Waals surface area contributed by atoms with Crippen LogP contribution in [0, 0.1) is 5.82 Å². The van der Waals surface area contributed by atoms with Gasteiger partial charge in [-0.2, -0.15) is 0 Å². The Hall–Kier alpha value is -1.08. The van der Waals surface area contributed by atoms with Crippen LogP contribution in [-0.4, -0.2) is 13.4 Å². The number of halogens is 4. The summed E-state index contributed by atoms with van der Waals surface area (Å²) in [6.45, 7) is 0. The molecule has 0 saturated heterocycles. The summed E-state index contributed by atoms with van der Waals surface area (Å²) in [5.74, 6) is -0.652. The van der Waals surface area contributed by atoms with E-state index in [4.69, 9.17) is 34.8 Å². The maximum absolute atomic E-state index is 13.0. The van der Waals surface area contributed by atoms with Gasteiger partial charge in [0.05, 0.1) is 10.7 Å². The lowest BCUT2D eigenvalue weighted by atomic mass is 10.3. The van der Waals surface area contributed by atoms with Gasteiger partial charge < -0.3 is 0 Å². The van der Waals surface area contributed by atoms with Crippen molar-refractivity contribution in [2.45, 2.75) is 4.90 Å². The number of anilines is 1. The van der Waals surface area contributed by atoms with Crippen molar-refractivity contribution < 1.29 is 12.8 Å². The van der Waals surface area contributed by atoms with E-state index < -0.39 is 15.8 Å². The monoisotopic (exact) mass is 354 g/mol. The van der Waals surface area contributed by atoms with E-state index >= 15 is 0 Å². The summed E-state index contributed by atoms with van der Waals surface area (Å²) in [6, 6.07) is 5.92. The first-order valence-corrected chi connectivity index (χ1v) is 7.71. The average Bonchev–Trinajstić information content (AvgIpc) is 2.33. The Morgan fingerprint density at radius 2 is 1.80 bits per heavy atom. The second kappa shape index (κ2) is 5.73. The molecule has 0 amide bonds. The number of pyridine rings is 1. The van der Waals surface area contributed by atoms with E-state index in [1.165, 1.54) is 18.2 Å². The highest BCUT2D eigenvalue weighted by Crippen LogP contribution is 2.25. The third kappa shape index (κ3) is 3.32. The highest BCUT2D eigenvalue weighted by Gasteiger charge is 2.19. The summed E-state index contributed by atoms with van der Waals surface area (Å²) < 4.78 is 39.5. The first kappa shape index (κ1) is 15.3. The zero-order valence-electron chi connectivity index (χ0n) is 9.57. The van der Waals surface area contributed by atoms with Crippen LogP contribution >= 0.6 is 34.8 Å². The lowest BCUT2D eigenvalue weighted by Crippen LogP contribution is -2.14. The van der Waals surface area contributed by atoms with Gasteiger partial charge in [-0.25, -0.2) is 17.8 Å². The van der Waals surface area contributed by atoms with Gasteiger partial charge in [0.1, 0.15) is 15.9 Å². The molecule has 0 aliphatic rings. The fourth-order valence-electron chi connectivity index (χ4n) is 1.37. The minimum Gasteiger partial charge on any atom is -0.279 e. The second-order valence-electron chi connectivity index (χ2n) is 3.66. The van der Waals surface area contributed by atoms with Gasteiger partial charge in [0.2, 0.25) is 0 Å². The Labute approximate surface area is 129 Å². The van der Waals surface area contributed by atoms with Gasteiger partial charge in [0, 0.05) is 0 Å². The van der Waals surface area contributed by atoms with Crippen molar-refractivity contribution in [3.8, 4) is 0 Å². The second-order valence-corrected chi connectivity index (χ2v) is 6.46. The molecule has 1 N–H and O–H groups in total. The summed E-state index contributed by atoms with van der Waals surface area (Å²) in [6.07, 6.45) is 0. The molecule has 0 aliphatic heterocycles. The van der Waals surface area contributed by atoms with Crippen LogP contribution in [0.3, 0.4) is 0 Å². The maximum atomic E-state index is 13.0. The number of aromatic nitrogens is 1. The molecule has 1 aromatic carbocycles. The molecule has 0 radical (unpaired) electrons. The lowest BCUT2D eigenvalue weighted by Gasteiger charge is -2.09. The Morgan fingerprint density at radius 3 is 2.40 bits per heavy atom. The van der Waals surface area contributed by atoms with Crippen LogP contribution in [0.4, 0.5) is 10.1 Å². The number of benzene rings is 1. The van der Waals surface area contributed by atoms with Crippen LogP contribution in [0.2, 0.25) is 15.3 Å². The minimum absolute atomic E-state index is 0.0683. The molecule has 1 heterocycles. The van der Waals surface area contributed by atoms with Gasteiger partial charge in [-0.15, -0.1) is 0 Å². The van der Waals surface area contributed by atoms with Gasteiger partial charge >= 0.3 is 0 Å². The van der Waals surface area contributed by atoms with E-state index in [1.807, 2.05) is 0 Å². The van der Waals surface area contributed by atoms with Crippen LogP contribution in [-0.2, 0) is 10.0 Å². The van der Waals surface area contributed by atoms with Crippen molar-refractivity contribution in [2.24, 2.45) is 0 Å². The molecule has 4 nitrogen and oxygen atoms in total. The van der Waals surface area contributed by atoms with Crippen molar-refractivity contribution in [3.63, 3.8) is 0 Å². The molecule has 0 saturated carbocycles. The Morgan fingerprint density at radius 1 is 1.10 bits per heavy atom. The van der Waals surface area contributed by atoms with Gasteiger partial charge in [-0.3, -0.25) is 4.72 Å². The highest BCUT2D eigenvalue weighted by molar-refractivity contribution is 7.92. The van der Waals surface area contributed by atoms with Gasteiger partial charge in [-0.05, 0) is 30.3 Å². The molecule has 2 aromatic rings. The lowest BCUT2D eigenvalue weighted by molar-refractivity contribution is 0.600. The van der Waals surface area contributed by atoms with Gasteiger partial charge in [0.15, 0.2) is 5.15 Å². The molecule has 0 fully saturated rings. The summed E-state index contributed by atoms with van der Waals surface area (Å²) in [4.78, 5) is 3.39. The number of hydrogen-bond acceptors (Lipinski definition) is 3. The fourth-order valence-corrected chi connectivity index (χ4v) is 3.26. The van der Waals surface area contributed by atoms with Crippen molar-refractivity contribution >= 4 is 50.5 Å². The van der Waals surface area contributed by atoms with Gasteiger partial charge in [0.25, 0.3) is 10.0 Å². The van der Waals surface area contributed by atoms with Crippen LogP contribution in [0.25, 0.3) is 0 Å². The number of rotatable bonds is 3. The van der Waals surface area contributed by atoms with E-state index in [1.54, 1.807) is 0 Å². The third-order valence-corrected chi connectivity index (χ3v) is 4.56. The molecule has 2 rings (SSSR count). The molecular formula is C11H6Cl3FN2O2S. The normalized spacial score (nSPS) is 11.4. The van der Waals surface area contributed by atoms with Crippen LogP contribution < -0.4 is 4.72 Å². The molecule has 9 heteroatoms. The smallest absolute Gasteiger partial charge is 0.264 e. The van der Waals surface area contributed by atoms with Gasteiger partial charge in [-0.1, -0.05) is 34.8 Å². The number of nitrogens with zero attached hydrogens (tertiary/aromatic N) is 1. The fraction of sp³-hybridized carbons (Fsp3) is 0. The topological polar surface area (TPSA) is 59.1 Å². The molecule has 0 unspecified atom stereocenters. The molecule has 0 bridgehead atoms. The zero-order valence-corrected chi connectivity index (χ0v) is 12.7. The first-order valence-electron chi connectivity index (χ1n) is 5.09. The standard InChI is InChI=1S/C11H6Cl3FN2O2S/c12-7-5-6(1-2-8(7)15)17-20(18,19)9-3-4-10(13)16-11(9)14/h1-5,17H. The minimum atomic E-state index is -3.97. The van der Waals surface area contributed by atoms with Crippen LogP contribution in [0.5, 0.6) is 0 Å². The summed E-state index contributed by atoms with van der Waals surface area (Å²) in [5.41, 5.74) is 0.0995. The molecule has 0 aliphatic carbocycles. The largest absolute Gasteiger partial charge is 0.279 e. The number of sulfonamides is 1. The molecule has 106 valence electrons. The predicted octanol–water partition coefficient (Wildman–Crippen LogP) is 3.98. The molecule has 1 aromatic heterocycles. The molecule has 0 atom stereocenters.